The number of aliphatic hydroxyl groups is 3. The quantitative estimate of drug-likeness (QED) is 0.296. The van der Waals surface area contributed by atoms with Crippen molar-refractivity contribution in [2.45, 2.75) is 56.6 Å². The summed E-state index contributed by atoms with van der Waals surface area (Å²) in [6.07, 6.45) is -4.27. The van der Waals surface area contributed by atoms with Gasteiger partial charge in [0, 0.05) is 5.92 Å². The Kier molecular flexibility index (Phi) is 10.6. The van der Waals surface area contributed by atoms with Crippen molar-refractivity contribution in [3.8, 4) is 0 Å². The van der Waals surface area contributed by atoms with Gasteiger partial charge in [0.15, 0.2) is 6.29 Å². The second-order valence-corrected chi connectivity index (χ2v) is 9.34. The summed E-state index contributed by atoms with van der Waals surface area (Å²) in [7, 11) is 0. The number of hydrogen-bond acceptors (Lipinski definition) is 7. The number of hydrogen-bond donors (Lipinski definition) is 3. The Labute approximate surface area is 223 Å². The molecule has 202 valence electrons. The average Bonchev–Trinajstić information content (AvgIpc) is 2.96. The molecule has 0 aromatic heterocycles. The van der Waals surface area contributed by atoms with Gasteiger partial charge in [-0.2, -0.15) is 0 Å². The van der Waals surface area contributed by atoms with Crippen LogP contribution in [0.1, 0.15) is 16.7 Å². The maximum atomic E-state index is 11.1. The van der Waals surface area contributed by atoms with Gasteiger partial charge in [-0.1, -0.05) is 97.1 Å². The molecule has 4 rings (SSSR count). The molecule has 7 heteroatoms. The standard InChI is InChI=1S/C31H36O7/c1-2-25(26(33)18-32)27-28(35-19-22-12-6-3-7-13-22)29(36-20-23-14-8-4-9-15-23)30(31(34)38-27)37-21-24-16-10-5-11-17-24/h2-17,25-34H,1,18-21H2/t25-,26+,27+,28+,29-,30-,31-/m0/s1. The molecule has 0 amide bonds. The maximum absolute atomic E-state index is 11.1. The summed E-state index contributed by atoms with van der Waals surface area (Å²) in [6.45, 7) is 4.07. The van der Waals surface area contributed by atoms with Gasteiger partial charge in [0.25, 0.3) is 0 Å². The van der Waals surface area contributed by atoms with Crippen molar-refractivity contribution >= 4 is 0 Å². The van der Waals surface area contributed by atoms with E-state index in [1.165, 1.54) is 6.08 Å². The third-order valence-electron chi connectivity index (χ3n) is 6.69. The molecule has 1 heterocycles. The Balaban J connectivity index is 1.64. The first-order valence-electron chi connectivity index (χ1n) is 12.8. The van der Waals surface area contributed by atoms with Crippen LogP contribution >= 0.6 is 0 Å². The minimum atomic E-state index is -1.37. The van der Waals surface area contributed by atoms with Crippen LogP contribution in [-0.4, -0.2) is 58.7 Å². The molecule has 3 aromatic carbocycles. The van der Waals surface area contributed by atoms with Crippen molar-refractivity contribution in [1.82, 2.24) is 0 Å². The van der Waals surface area contributed by atoms with Crippen LogP contribution < -0.4 is 0 Å². The van der Waals surface area contributed by atoms with Gasteiger partial charge in [-0.15, -0.1) is 6.58 Å². The lowest BCUT2D eigenvalue weighted by Crippen LogP contribution is -2.62. The average molecular weight is 521 g/mol. The molecule has 0 aliphatic carbocycles. The van der Waals surface area contributed by atoms with E-state index >= 15 is 0 Å². The maximum Gasteiger partial charge on any atom is 0.184 e. The Bertz CT molecular complexity index is 1080. The van der Waals surface area contributed by atoms with Gasteiger partial charge >= 0.3 is 0 Å². The van der Waals surface area contributed by atoms with Crippen LogP contribution in [0.4, 0.5) is 0 Å². The van der Waals surface area contributed by atoms with Gasteiger partial charge in [0.05, 0.1) is 38.6 Å². The lowest BCUT2D eigenvalue weighted by atomic mass is 9.86. The van der Waals surface area contributed by atoms with Crippen LogP contribution in [0.5, 0.6) is 0 Å². The fraction of sp³-hybridized carbons (Fsp3) is 0.355. The van der Waals surface area contributed by atoms with Gasteiger partial charge in [-0.05, 0) is 16.7 Å². The van der Waals surface area contributed by atoms with Crippen molar-refractivity contribution in [2.24, 2.45) is 5.92 Å². The Morgan fingerprint density at radius 2 is 1.13 bits per heavy atom. The van der Waals surface area contributed by atoms with Gasteiger partial charge < -0.3 is 34.3 Å². The zero-order chi connectivity index (χ0) is 26.7. The van der Waals surface area contributed by atoms with E-state index in [1.807, 2.05) is 91.0 Å². The third-order valence-corrected chi connectivity index (χ3v) is 6.69. The molecule has 0 unspecified atom stereocenters. The van der Waals surface area contributed by atoms with Crippen molar-refractivity contribution < 1.29 is 34.3 Å². The van der Waals surface area contributed by atoms with Crippen molar-refractivity contribution in [3.05, 3.63) is 120 Å². The highest BCUT2D eigenvalue weighted by atomic mass is 16.7. The Morgan fingerprint density at radius 1 is 0.711 bits per heavy atom. The van der Waals surface area contributed by atoms with Crippen LogP contribution in [0.15, 0.2) is 104 Å². The van der Waals surface area contributed by atoms with Crippen LogP contribution in [-0.2, 0) is 38.8 Å². The van der Waals surface area contributed by atoms with E-state index in [9.17, 15) is 15.3 Å². The molecule has 7 nitrogen and oxygen atoms in total. The SMILES string of the molecule is C=C[C@H]([C@H]1O[C@H](O)[C@@H](OCc2ccccc2)[C@@H](OCc2ccccc2)[C@@H]1OCc1ccccc1)[C@H](O)CO. The Morgan fingerprint density at radius 3 is 1.55 bits per heavy atom. The third kappa shape index (κ3) is 7.36. The number of benzene rings is 3. The molecule has 0 bridgehead atoms. The van der Waals surface area contributed by atoms with Crippen LogP contribution in [0, 0.1) is 5.92 Å². The van der Waals surface area contributed by atoms with Gasteiger partial charge in [-0.25, -0.2) is 0 Å². The summed E-state index contributed by atoms with van der Waals surface area (Å²) in [5.74, 6) is -0.728. The van der Waals surface area contributed by atoms with E-state index < -0.39 is 49.3 Å². The lowest BCUT2D eigenvalue weighted by Gasteiger charge is -2.47. The summed E-state index contributed by atoms with van der Waals surface area (Å²) >= 11 is 0. The second kappa shape index (κ2) is 14.3. The van der Waals surface area contributed by atoms with E-state index in [0.717, 1.165) is 16.7 Å². The summed E-state index contributed by atoms with van der Waals surface area (Å²) in [5, 5.41) is 31.4. The zero-order valence-corrected chi connectivity index (χ0v) is 21.3. The summed E-state index contributed by atoms with van der Waals surface area (Å²) in [5.41, 5.74) is 2.83. The predicted molar refractivity (Wildman–Crippen MR) is 143 cm³/mol. The smallest absolute Gasteiger partial charge is 0.184 e. The van der Waals surface area contributed by atoms with Gasteiger partial charge in [0.2, 0.25) is 0 Å². The van der Waals surface area contributed by atoms with E-state index in [1.54, 1.807) is 0 Å². The van der Waals surface area contributed by atoms with Crippen LogP contribution in [0.3, 0.4) is 0 Å². The van der Waals surface area contributed by atoms with Crippen molar-refractivity contribution in [1.29, 1.82) is 0 Å². The Hall–Kier alpha value is -2.88. The molecule has 0 radical (unpaired) electrons. The number of aliphatic hydroxyl groups excluding tert-OH is 3. The fourth-order valence-electron chi connectivity index (χ4n) is 4.65. The monoisotopic (exact) mass is 520 g/mol. The van der Waals surface area contributed by atoms with Crippen molar-refractivity contribution in [2.75, 3.05) is 6.61 Å². The molecular formula is C31H36O7. The van der Waals surface area contributed by atoms with E-state index in [-0.39, 0.29) is 19.8 Å². The highest BCUT2D eigenvalue weighted by molar-refractivity contribution is 5.16. The topological polar surface area (TPSA) is 97.6 Å². The van der Waals surface area contributed by atoms with Crippen molar-refractivity contribution in [3.63, 3.8) is 0 Å². The van der Waals surface area contributed by atoms with E-state index in [2.05, 4.69) is 6.58 Å². The largest absolute Gasteiger partial charge is 0.394 e. The van der Waals surface area contributed by atoms with E-state index in [0.29, 0.717) is 0 Å². The highest BCUT2D eigenvalue weighted by Crippen LogP contribution is 2.34. The number of ether oxygens (including phenoxy) is 4. The molecule has 3 aromatic rings. The van der Waals surface area contributed by atoms with Gasteiger partial charge in [0.1, 0.15) is 18.3 Å². The van der Waals surface area contributed by atoms with Crippen LogP contribution in [0.2, 0.25) is 0 Å². The molecule has 1 fully saturated rings. The minimum Gasteiger partial charge on any atom is -0.394 e. The molecule has 7 atom stereocenters. The molecule has 0 spiro atoms. The zero-order valence-electron chi connectivity index (χ0n) is 21.3. The predicted octanol–water partition coefficient (Wildman–Crippen LogP) is 3.62. The molecular weight excluding hydrogens is 484 g/mol. The number of rotatable bonds is 13. The molecule has 38 heavy (non-hydrogen) atoms. The lowest BCUT2D eigenvalue weighted by molar-refractivity contribution is -0.320. The van der Waals surface area contributed by atoms with E-state index in [4.69, 9.17) is 18.9 Å². The normalized spacial score (nSPS) is 25.0. The second-order valence-electron chi connectivity index (χ2n) is 9.34. The molecule has 1 saturated heterocycles. The first-order valence-corrected chi connectivity index (χ1v) is 12.8. The summed E-state index contributed by atoms with van der Waals surface area (Å²) in [6, 6.07) is 29.0. The fourth-order valence-corrected chi connectivity index (χ4v) is 4.65. The first kappa shape index (κ1) is 28.1. The van der Waals surface area contributed by atoms with Gasteiger partial charge in [-0.3, -0.25) is 0 Å². The first-order chi connectivity index (χ1) is 18.6. The summed E-state index contributed by atoms with van der Waals surface area (Å²) < 4.78 is 25.0. The molecule has 3 N–H and O–H groups in total. The molecule has 1 aliphatic rings. The highest BCUT2D eigenvalue weighted by Gasteiger charge is 2.50. The molecule has 1 aliphatic heterocycles. The minimum absolute atomic E-state index is 0.233. The summed E-state index contributed by atoms with van der Waals surface area (Å²) in [4.78, 5) is 0. The molecule has 0 saturated carbocycles. The van der Waals surface area contributed by atoms with Crippen LogP contribution in [0.25, 0.3) is 0 Å².